The van der Waals surface area contributed by atoms with Gasteiger partial charge in [-0.25, -0.2) is 0 Å². The highest BCUT2D eigenvalue weighted by Gasteiger charge is 1.83. The third-order valence-electron chi connectivity index (χ3n) is 0.800. The molecule has 0 aromatic carbocycles. The third-order valence-corrected chi connectivity index (χ3v) is 1.45. The van der Waals surface area contributed by atoms with Gasteiger partial charge < -0.3 is 0 Å². The van der Waals surface area contributed by atoms with Crippen LogP contribution < -0.4 is 0 Å². The maximum Gasteiger partial charge on any atom is 0.0536 e. The van der Waals surface area contributed by atoms with Crippen molar-refractivity contribution in [1.82, 2.24) is 10.2 Å². The van der Waals surface area contributed by atoms with Gasteiger partial charge in [-0.05, 0) is 11.6 Å². The fourth-order valence-corrected chi connectivity index (χ4v) is 0.729. The first-order chi connectivity index (χ1) is 3.93. The maximum atomic E-state index is 3.68. The Bertz CT molecular complexity index is 154. The Kier molecular flexibility index (Phi) is 4.90. The van der Waals surface area contributed by atoms with E-state index in [-0.39, 0.29) is 17.0 Å². The topological polar surface area (TPSA) is 25.8 Å². The van der Waals surface area contributed by atoms with E-state index in [9.17, 15) is 0 Å². The Morgan fingerprint density at radius 2 is 2.22 bits per heavy atom. The molecule has 50 valence electrons. The standard InChI is InChI=1S/C5H5BrN2.BrH/c6-3-5-1-2-7-8-4-5;/h1-2,4H,3H2;1H. The fraction of sp³-hybridized carbons (Fsp3) is 0.200. The molecule has 0 fully saturated rings. The molecule has 1 aromatic heterocycles. The summed E-state index contributed by atoms with van der Waals surface area (Å²) in [5.74, 6) is 0. The van der Waals surface area contributed by atoms with Crippen LogP contribution in [0.4, 0.5) is 0 Å². The van der Waals surface area contributed by atoms with Gasteiger partial charge in [0.1, 0.15) is 0 Å². The van der Waals surface area contributed by atoms with E-state index in [4.69, 9.17) is 0 Å². The fourth-order valence-electron chi connectivity index (χ4n) is 0.397. The second-order valence-electron chi connectivity index (χ2n) is 1.38. The van der Waals surface area contributed by atoms with Crippen LogP contribution in [0, 0.1) is 0 Å². The minimum absolute atomic E-state index is 0. The molecule has 9 heavy (non-hydrogen) atoms. The van der Waals surface area contributed by atoms with Gasteiger partial charge in [0.05, 0.1) is 6.20 Å². The quantitative estimate of drug-likeness (QED) is 0.715. The second-order valence-corrected chi connectivity index (χ2v) is 1.95. The van der Waals surface area contributed by atoms with Crippen LogP contribution in [-0.2, 0) is 5.33 Å². The zero-order valence-electron chi connectivity index (χ0n) is 4.62. The molecule has 0 saturated carbocycles. The van der Waals surface area contributed by atoms with E-state index in [1.807, 2.05) is 6.07 Å². The van der Waals surface area contributed by atoms with Crippen molar-refractivity contribution >= 4 is 32.9 Å². The number of rotatable bonds is 1. The Hall–Kier alpha value is 0.0400. The van der Waals surface area contributed by atoms with Crippen LogP contribution in [0.15, 0.2) is 18.5 Å². The first-order valence-electron chi connectivity index (χ1n) is 2.25. The Morgan fingerprint density at radius 1 is 1.44 bits per heavy atom. The smallest absolute Gasteiger partial charge is 0.0536 e. The number of alkyl halides is 1. The molecule has 1 aromatic rings. The van der Waals surface area contributed by atoms with Gasteiger partial charge in [-0.15, -0.1) is 17.0 Å². The van der Waals surface area contributed by atoms with Crippen molar-refractivity contribution in [1.29, 1.82) is 0 Å². The zero-order valence-corrected chi connectivity index (χ0v) is 7.92. The van der Waals surface area contributed by atoms with Crippen LogP contribution in [0.2, 0.25) is 0 Å². The van der Waals surface area contributed by atoms with E-state index < -0.39 is 0 Å². The van der Waals surface area contributed by atoms with Gasteiger partial charge in [-0.1, -0.05) is 15.9 Å². The molecule has 0 aliphatic rings. The average Bonchev–Trinajstić information content (AvgIpc) is 1.90. The third kappa shape index (κ3) is 2.91. The Balaban J connectivity index is 0.000000640. The number of halogens is 2. The van der Waals surface area contributed by atoms with Crippen molar-refractivity contribution in [3.8, 4) is 0 Å². The van der Waals surface area contributed by atoms with E-state index in [1.165, 1.54) is 0 Å². The van der Waals surface area contributed by atoms with E-state index in [0.29, 0.717) is 0 Å². The predicted octanol–water partition coefficient (Wildman–Crippen LogP) is 1.95. The van der Waals surface area contributed by atoms with Crippen LogP contribution in [0.25, 0.3) is 0 Å². The molecular weight excluding hydrogens is 248 g/mol. The highest BCUT2D eigenvalue weighted by molar-refractivity contribution is 9.08. The summed E-state index contributed by atoms with van der Waals surface area (Å²) in [6.07, 6.45) is 3.41. The van der Waals surface area contributed by atoms with Crippen molar-refractivity contribution in [2.24, 2.45) is 0 Å². The molecule has 0 spiro atoms. The lowest BCUT2D eigenvalue weighted by molar-refractivity contribution is 1.01. The number of nitrogens with zero attached hydrogens (tertiary/aromatic N) is 2. The number of hydrogen-bond donors (Lipinski definition) is 0. The monoisotopic (exact) mass is 252 g/mol. The maximum absolute atomic E-state index is 3.68. The molecule has 0 amide bonds. The van der Waals surface area contributed by atoms with Gasteiger partial charge in [0.15, 0.2) is 0 Å². The highest BCUT2D eigenvalue weighted by atomic mass is 79.9. The number of aromatic nitrogens is 2. The van der Waals surface area contributed by atoms with Crippen LogP contribution in [0.3, 0.4) is 0 Å². The lowest BCUT2D eigenvalue weighted by Gasteiger charge is -1.86. The van der Waals surface area contributed by atoms with Crippen LogP contribution in [-0.4, -0.2) is 10.2 Å². The molecule has 4 heteroatoms. The normalized spacial score (nSPS) is 8.11. The van der Waals surface area contributed by atoms with Crippen molar-refractivity contribution in [3.63, 3.8) is 0 Å². The van der Waals surface area contributed by atoms with E-state index >= 15 is 0 Å². The summed E-state index contributed by atoms with van der Waals surface area (Å²) < 4.78 is 0. The predicted molar refractivity (Wildman–Crippen MR) is 45.0 cm³/mol. The molecule has 0 aliphatic carbocycles. The lowest BCUT2D eigenvalue weighted by Crippen LogP contribution is -1.80. The van der Waals surface area contributed by atoms with Crippen LogP contribution >= 0.6 is 32.9 Å². The summed E-state index contributed by atoms with van der Waals surface area (Å²) in [7, 11) is 0. The SMILES string of the molecule is Br.BrCc1ccnnc1. The highest BCUT2D eigenvalue weighted by Crippen LogP contribution is 1.99. The van der Waals surface area contributed by atoms with Gasteiger partial charge in [0.25, 0.3) is 0 Å². The first-order valence-corrected chi connectivity index (χ1v) is 3.37. The van der Waals surface area contributed by atoms with Crippen molar-refractivity contribution in [3.05, 3.63) is 24.0 Å². The summed E-state index contributed by atoms with van der Waals surface area (Å²) in [5, 5.41) is 8.15. The van der Waals surface area contributed by atoms with E-state index in [2.05, 4.69) is 26.1 Å². The molecule has 0 aliphatic heterocycles. The molecule has 0 N–H and O–H groups in total. The molecule has 0 radical (unpaired) electrons. The van der Waals surface area contributed by atoms with Crippen molar-refractivity contribution in [2.75, 3.05) is 0 Å². The summed E-state index contributed by atoms with van der Waals surface area (Å²) in [6.45, 7) is 0. The van der Waals surface area contributed by atoms with E-state index in [1.54, 1.807) is 12.4 Å². The zero-order chi connectivity index (χ0) is 5.82. The first kappa shape index (κ1) is 9.04. The van der Waals surface area contributed by atoms with Crippen LogP contribution in [0.1, 0.15) is 5.56 Å². The molecule has 0 saturated heterocycles. The van der Waals surface area contributed by atoms with Gasteiger partial charge in [0.2, 0.25) is 0 Å². The molecule has 2 nitrogen and oxygen atoms in total. The van der Waals surface area contributed by atoms with Crippen molar-refractivity contribution < 1.29 is 0 Å². The molecule has 0 bridgehead atoms. The Morgan fingerprint density at radius 3 is 2.56 bits per heavy atom. The number of hydrogen-bond acceptors (Lipinski definition) is 2. The molecule has 0 atom stereocenters. The van der Waals surface area contributed by atoms with E-state index in [0.717, 1.165) is 10.9 Å². The molecular formula is C5H6Br2N2. The Labute approximate surface area is 72.6 Å². The second kappa shape index (κ2) is 4.88. The molecule has 1 rings (SSSR count). The summed E-state index contributed by atoms with van der Waals surface area (Å²) >= 11 is 3.29. The van der Waals surface area contributed by atoms with Gasteiger partial charge >= 0.3 is 0 Å². The molecule has 0 unspecified atom stereocenters. The van der Waals surface area contributed by atoms with Gasteiger partial charge in [0, 0.05) is 11.5 Å². The lowest BCUT2D eigenvalue weighted by atomic mass is 10.4. The summed E-state index contributed by atoms with van der Waals surface area (Å²) in [4.78, 5) is 0. The summed E-state index contributed by atoms with van der Waals surface area (Å²) in [6, 6.07) is 1.92. The van der Waals surface area contributed by atoms with Crippen molar-refractivity contribution in [2.45, 2.75) is 5.33 Å². The van der Waals surface area contributed by atoms with Gasteiger partial charge in [-0.2, -0.15) is 10.2 Å². The average molecular weight is 254 g/mol. The van der Waals surface area contributed by atoms with Crippen LogP contribution in [0.5, 0.6) is 0 Å². The summed E-state index contributed by atoms with van der Waals surface area (Å²) in [5.41, 5.74) is 1.15. The van der Waals surface area contributed by atoms with Gasteiger partial charge in [-0.3, -0.25) is 0 Å². The minimum Gasteiger partial charge on any atom is -0.159 e. The minimum atomic E-state index is 0. The molecule has 1 heterocycles. The largest absolute Gasteiger partial charge is 0.159 e.